The lowest BCUT2D eigenvalue weighted by molar-refractivity contribution is 0.212. The van der Waals surface area contributed by atoms with Crippen LogP contribution in [0.1, 0.15) is 38.1 Å². The number of hydrogen-bond acceptors (Lipinski definition) is 5. The van der Waals surface area contributed by atoms with Gasteiger partial charge in [0.1, 0.15) is 17.5 Å². The highest BCUT2D eigenvalue weighted by Crippen LogP contribution is 2.25. The van der Waals surface area contributed by atoms with Crippen molar-refractivity contribution < 1.29 is 0 Å². The van der Waals surface area contributed by atoms with E-state index in [1.54, 1.807) is 0 Å². The van der Waals surface area contributed by atoms with Gasteiger partial charge >= 0.3 is 0 Å². The molecule has 0 spiro atoms. The standard InChI is InChI=1S/C15H27N5/c1-5-7-13-17-14(16)11(3)15(18-13)20-9-8-19(4)12(6-2)10-20/h12H,5-10H2,1-4H3,(H2,16,17,18). The Balaban J connectivity index is 2.27. The lowest BCUT2D eigenvalue weighted by Gasteiger charge is -2.40. The Labute approximate surface area is 122 Å². The second-order valence-corrected chi connectivity index (χ2v) is 5.71. The predicted molar refractivity (Wildman–Crippen MR) is 84.1 cm³/mol. The quantitative estimate of drug-likeness (QED) is 0.910. The van der Waals surface area contributed by atoms with E-state index in [9.17, 15) is 0 Å². The van der Waals surface area contributed by atoms with Crippen LogP contribution in [0.5, 0.6) is 0 Å². The van der Waals surface area contributed by atoms with Gasteiger partial charge in [0.25, 0.3) is 0 Å². The van der Waals surface area contributed by atoms with Crippen LogP contribution in [0.2, 0.25) is 0 Å². The van der Waals surface area contributed by atoms with Crippen molar-refractivity contribution in [2.75, 3.05) is 37.3 Å². The first-order chi connectivity index (χ1) is 9.56. The van der Waals surface area contributed by atoms with Crippen molar-refractivity contribution >= 4 is 11.6 Å². The largest absolute Gasteiger partial charge is 0.383 e. The summed E-state index contributed by atoms with van der Waals surface area (Å²) in [6.45, 7) is 9.52. The molecule has 2 rings (SSSR count). The van der Waals surface area contributed by atoms with E-state index in [0.29, 0.717) is 11.9 Å². The van der Waals surface area contributed by atoms with Gasteiger partial charge in [-0.25, -0.2) is 9.97 Å². The number of likely N-dealkylation sites (N-methyl/N-ethyl adjacent to an activating group) is 1. The Hall–Kier alpha value is -1.36. The van der Waals surface area contributed by atoms with Crippen LogP contribution < -0.4 is 10.6 Å². The average Bonchev–Trinajstić information content (AvgIpc) is 2.43. The third-order valence-corrected chi connectivity index (χ3v) is 4.23. The van der Waals surface area contributed by atoms with Crippen LogP contribution in [0.15, 0.2) is 0 Å². The van der Waals surface area contributed by atoms with Gasteiger partial charge in [0.05, 0.1) is 0 Å². The summed E-state index contributed by atoms with van der Waals surface area (Å²) in [5.41, 5.74) is 7.08. The molecule has 1 aromatic rings. The van der Waals surface area contributed by atoms with E-state index in [2.05, 4.69) is 35.7 Å². The first kappa shape index (κ1) is 15.0. The molecule has 5 nitrogen and oxygen atoms in total. The summed E-state index contributed by atoms with van der Waals surface area (Å²) in [6, 6.07) is 0.592. The summed E-state index contributed by atoms with van der Waals surface area (Å²) in [5.74, 6) is 2.54. The van der Waals surface area contributed by atoms with Gasteiger partial charge in [0.15, 0.2) is 0 Å². The molecular formula is C15H27N5. The third-order valence-electron chi connectivity index (χ3n) is 4.23. The molecular weight excluding hydrogens is 250 g/mol. The summed E-state index contributed by atoms with van der Waals surface area (Å²) in [7, 11) is 2.20. The summed E-state index contributed by atoms with van der Waals surface area (Å²) in [4.78, 5) is 14.0. The number of aromatic nitrogens is 2. The maximum absolute atomic E-state index is 6.06. The molecule has 1 saturated heterocycles. The Morgan fingerprint density at radius 1 is 1.25 bits per heavy atom. The second-order valence-electron chi connectivity index (χ2n) is 5.71. The van der Waals surface area contributed by atoms with Gasteiger partial charge in [-0.05, 0) is 26.8 Å². The number of nitrogens with two attached hydrogens (primary N) is 1. The number of rotatable bonds is 4. The zero-order valence-electron chi connectivity index (χ0n) is 13.2. The van der Waals surface area contributed by atoms with Crippen LogP contribution in [0, 0.1) is 6.92 Å². The molecule has 5 heteroatoms. The highest BCUT2D eigenvalue weighted by atomic mass is 15.3. The van der Waals surface area contributed by atoms with Crippen LogP contribution >= 0.6 is 0 Å². The Morgan fingerprint density at radius 2 is 2.00 bits per heavy atom. The maximum Gasteiger partial charge on any atom is 0.137 e. The highest BCUT2D eigenvalue weighted by molar-refractivity contribution is 5.56. The number of nitrogens with zero attached hydrogens (tertiary/aromatic N) is 4. The van der Waals surface area contributed by atoms with Gasteiger partial charge in [-0.1, -0.05) is 13.8 Å². The van der Waals surface area contributed by atoms with Gasteiger partial charge in [-0.2, -0.15) is 0 Å². The molecule has 1 aliphatic heterocycles. The molecule has 1 atom stereocenters. The molecule has 1 fully saturated rings. The van der Waals surface area contributed by atoms with Gasteiger partial charge in [0.2, 0.25) is 0 Å². The number of nitrogen functional groups attached to an aromatic ring is 1. The predicted octanol–water partition coefficient (Wildman–Crippen LogP) is 1.85. The molecule has 1 aromatic heterocycles. The lowest BCUT2D eigenvalue weighted by atomic mass is 10.1. The van der Waals surface area contributed by atoms with Crippen molar-refractivity contribution in [2.45, 2.75) is 46.1 Å². The summed E-state index contributed by atoms with van der Waals surface area (Å²) in [5, 5.41) is 0. The van der Waals surface area contributed by atoms with E-state index in [1.165, 1.54) is 0 Å². The Morgan fingerprint density at radius 3 is 2.65 bits per heavy atom. The van der Waals surface area contributed by atoms with E-state index >= 15 is 0 Å². The second kappa shape index (κ2) is 6.39. The van der Waals surface area contributed by atoms with Crippen LogP contribution in [0.25, 0.3) is 0 Å². The van der Waals surface area contributed by atoms with E-state index in [1.807, 2.05) is 6.92 Å². The van der Waals surface area contributed by atoms with Gasteiger partial charge in [-0.15, -0.1) is 0 Å². The summed E-state index contributed by atoms with van der Waals surface area (Å²) >= 11 is 0. The van der Waals surface area contributed by atoms with E-state index in [-0.39, 0.29) is 0 Å². The number of aryl methyl sites for hydroxylation is 1. The molecule has 20 heavy (non-hydrogen) atoms. The van der Waals surface area contributed by atoms with Gasteiger partial charge < -0.3 is 10.6 Å². The molecule has 0 bridgehead atoms. The molecule has 1 aliphatic rings. The molecule has 2 N–H and O–H groups in total. The monoisotopic (exact) mass is 277 g/mol. The fraction of sp³-hybridized carbons (Fsp3) is 0.733. The minimum atomic E-state index is 0.592. The smallest absolute Gasteiger partial charge is 0.137 e. The van der Waals surface area contributed by atoms with Crippen molar-refractivity contribution in [2.24, 2.45) is 0 Å². The fourth-order valence-electron chi connectivity index (χ4n) is 2.79. The Kier molecular flexibility index (Phi) is 4.81. The van der Waals surface area contributed by atoms with E-state index in [4.69, 9.17) is 10.7 Å². The van der Waals surface area contributed by atoms with Crippen LogP contribution in [0.3, 0.4) is 0 Å². The molecule has 0 radical (unpaired) electrons. The maximum atomic E-state index is 6.06. The first-order valence-electron chi connectivity index (χ1n) is 7.65. The SMILES string of the molecule is CCCc1nc(N)c(C)c(N2CCN(C)C(CC)C2)n1. The normalized spacial score (nSPS) is 20.4. The zero-order chi connectivity index (χ0) is 14.7. The summed E-state index contributed by atoms with van der Waals surface area (Å²) in [6.07, 6.45) is 3.10. The van der Waals surface area contributed by atoms with Crippen molar-refractivity contribution in [3.8, 4) is 0 Å². The third kappa shape index (κ3) is 3.03. The molecule has 112 valence electrons. The van der Waals surface area contributed by atoms with Gasteiger partial charge in [-0.3, -0.25) is 4.90 Å². The van der Waals surface area contributed by atoms with Crippen LogP contribution in [-0.4, -0.2) is 47.6 Å². The highest BCUT2D eigenvalue weighted by Gasteiger charge is 2.25. The Bertz CT molecular complexity index is 460. The van der Waals surface area contributed by atoms with E-state index in [0.717, 1.165) is 56.1 Å². The number of piperazine rings is 1. The van der Waals surface area contributed by atoms with Crippen LogP contribution in [0.4, 0.5) is 11.6 Å². The fourth-order valence-corrected chi connectivity index (χ4v) is 2.79. The molecule has 0 aliphatic carbocycles. The lowest BCUT2D eigenvalue weighted by Crippen LogP contribution is -2.51. The van der Waals surface area contributed by atoms with Crippen molar-refractivity contribution in [3.05, 3.63) is 11.4 Å². The van der Waals surface area contributed by atoms with Crippen molar-refractivity contribution in [1.82, 2.24) is 14.9 Å². The number of hydrogen-bond donors (Lipinski definition) is 1. The first-order valence-corrected chi connectivity index (χ1v) is 7.65. The average molecular weight is 277 g/mol. The minimum absolute atomic E-state index is 0.592. The van der Waals surface area contributed by atoms with Crippen molar-refractivity contribution in [1.29, 1.82) is 0 Å². The molecule has 1 unspecified atom stereocenters. The van der Waals surface area contributed by atoms with Crippen LogP contribution in [-0.2, 0) is 6.42 Å². The van der Waals surface area contributed by atoms with E-state index < -0.39 is 0 Å². The van der Waals surface area contributed by atoms with Gasteiger partial charge in [0, 0.05) is 37.7 Å². The number of anilines is 2. The minimum Gasteiger partial charge on any atom is -0.383 e. The molecule has 2 heterocycles. The molecule has 0 amide bonds. The molecule has 0 aromatic carbocycles. The zero-order valence-corrected chi connectivity index (χ0v) is 13.2. The topological polar surface area (TPSA) is 58.3 Å². The summed E-state index contributed by atoms with van der Waals surface area (Å²) < 4.78 is 0. The molecule has 0 saturated carbocycles. The van der Waals surface area contributed by atoms with Crippen molar-refractivity contribution in [3.63, 3.8) is 0 Å².